The molecular formula is C14H20N2O. The van der Waals surface area contributed by atoms with Gasteiger partial charge in [0, 0.05) is 24.3 Å². The lowest BCUT2D eigenvalue weighted by Gasteiger charge is -2.38. The van der Waals surface area contributed by atoms with Crippen molar-refractivity contribution in [2.75, 3.05) is 11.4 Å². The first-order valence-corrected chi connectivity index (χ1v) is 6.46. The second-order valence-electron chi connectivity index (χ2n) is 5.27. The first-order valence-electron chi connectivity index (χ1n) is 6.46. The van der Waals surface area contributed by atoms with Crippen LogP contribution in [-0.4, -0.2) is 18.6 Å². The van der Waals surface area contributed by atoms with Crippen molar-refractivity contribution in [2.45, 2.75) is 45.1 Å². The zero-order chi connectivity index (χ0) is 11.8. The van der Waals surface area contributed by atoms with E-state index < -0.39 is 0 Å². The average Bonchev–Trinajstić information content (AvgIpc) is 2.75. The minimum Gasteiger partial charge on any atom is -0.372 e. The number of anilines is 1. The number of hydrogen-bond acceptors (Lipinski definition) is 3. The molecule has 0 aliphatic carbocycles. The second-order valence-corrected chi connectivity index (χ2v) is 5.27. The van der Waals surface area contributed by atoms with Gasteiger partial charge in [-0.1, -0.05) is 6.07 Å². The van der Waals surface area contributed by atoms with Gasteiger partial charge in [0.2, 0.25) is 0 Å². The predicted octanol–water partition coefficient (Wildman–Crippen LogP) is 2.03. The summed E-state index contributed by atoms with van der Waals surface area (Å²) in [6, 6.07) is 7.63. The van der Waals surface area contributed by atoms with Crippen molar-refractivity contribution in [3.05, 3.63) is 29.3 Å². The Balaban J connectivity index is 1.84. The third kappa shape index (κ3) is 2.05. The highest BCUT2D eigenvalue weighted by Crippen LogP contribution is 2.29. The third-order valence-corrected chi connectivity index (χ3v) is 3.95. The normalized spacial score (nSPS) is 28.2. The number of rotatable bonds is 1. The highest BCUT2D eigenvalue weighted by molar-refractivity contribution is 5.52. The maximum Gasteiger partial charge on any atom is 0.0725 e. The van der Waals surface area contributed by atoms with Crippen LogP contribution in [0.1, 0.15) is 30.9 Å². The lowest BCUT2D eigenvalue weighted by atomic mass is 9.97. The van der Waals surface area contributed by atoms with Gasteiger partial charge in [-0.05, 0) is 43.0 Å². The molecule has 0 amide bonds. The SMILES string of the molecule is CC1CC(N)CCN1c1ccc2c(c1)COC2. The van der Waals surface area contributed by atoms with Crippen molar-refractivity contribution < 1.29 is 4.74 Å². The van der Waals surface area contributed by atoms with Crippen LogP contribution in [0.25, 0.3) is 0 Å². The van der Waals surface area contributed by atoms with E-state index in [9.17, 15) is 0 Å². The van der Waals surface area contributed by atoms with Crippen LogP contribution in [-0.2, 0) is 18.0 Å². The van der Waals surface area contributed by atoms with Crippen LogP contribution < -0.4 is 10.6 Å². The van der Waals surface area contributed by atoms with E-state index in [-0.39, 0.29) is 0 Å². The first kappa shape index (κ1) is 11.1. The van der Waals surface area contributed by atoms with Gasteiger partial charge in [0.15, 0.2) is 0 Å². The zero-order valence-corrected chi connectivity index (χ0v) is 10.4. The maximum absolute atomic E-state index is 6.01. The molecule has 0 radical (unpaired) electrons. The molecule has 17 heavy (non-hydrogen) atoms. The van der Waals surface area contributed by atoms with Crippen LogP contribution in [0.15, 0.2) is 18.2 Å². The monoisotopic (exact) mass is 232 g/mol. The van der Waals surface area contributed by atoms with Crippen molar-refractivity contribution >= 4 is 5.69 Å². The Hall–Kier alpha value is -1.06. The van der Waals surface area contributed by atoms with Crippen LogP contribution in [0.3, 0.4) is 0 Å². The van der Waals surface area contributed by atoms with Gasteiger partial charge in [0.1, 0.15) is 0 Å². The molecule has 3 nitrogen and oxygen atoms in total. The number of benzene rings is 1. The quantitative estimate of drug-likeness (QED) is 0.805. The number of fused-ring (bicyclic) bond motifs is 1. The fourth-order valence-corrected chi connectivity index (χ4v) is 2.93. The number of ether oxygens (including phenoxy) is 1. The van der Waals surface area contributed by atoms with Crippen molar-refractivity contribution in [1.29, 1.82) is 0 Å². The zero-order valence-electron chi connectivity index (χ0n) is 10.4. The Morgan fingerprint density at radius 2 is 2.12 bits per heavy atom. The molecular weight excluding hydrogens is 212 g/mol. The van der Waals surface area contributed by atoms with Gasteiger partial charge >= 0.3 is 0 Å². The Morgan fingerprint density at radius 3 is 2.94 bits per heavy atom. The van der Waals surface area contributed by atoms with Crippen molar-refractivity contribution in [3.63, 3.8) is 0 Å². The molecule has 92 valence electrons. The predicted molar refractivity (Wildman–Crippen MR) is 69.0 cm³/mol. The molecule has 3 rings (SSSR count). The molecule has 1 saturated heterocycles. The van der Waals surface area contributed by atoms with Gasteiger partial charge in [-0.3, -0.25) is 0 Å². The summed E-state index contributed by atoms with van der Waals surface area (Å²) in [4.78, 5) is 2.47. The standard InChI is InChI=1S/C14H20N2O/c1-10-6-13(15)4-5-16(10)14-3-2-11-8-17-9-12(11)7-14/h2-3,7,10,13H,4-6,8-9,15H2,1H3. The van der Waals surface area contributed by atoms with Crippen LogP contribution >= 0.6 is 0 Å². The van der Waals surface area contributed by atoms with Gasteiger partial charge in [0.25, 0.3) is 0 Å². The molecule has 1 aromatic carbocycles. The molecule has 2 unspecified atom stereocenters. The third-order valence-electron chi connectivity index (χ3n) is 3.95. The van der Waals surface area contributed by atoms with Gasteiger partial charge < -0.3 is 15.4 Å². The van der Waals surface area contributed by atoms with E-state index in [2.05, 4.69) is 30.0 Å². The van der Waals surface area contributed by atoms with Crippen molar-refractivity contribution in [2.24, 2.45) is 5.73 Å². The Morgan fingerprint density at radius 1 is 1.29 bits per heavy atom. The average molecular weight is 232 g/mol. The lowest BCUT2D eigenvalue weighted by molar-refractivity contribution is 0.134. The molecule has 2 heterocycles. The van der Waals surface area contributed by atoms with E-state index in [0.29, 0.717) is 12.1 Å². The summed E-state index contributed by atoms with van der Waals surface area (Å²) in [7, 11) is 0. The minimum atomic E-state index is 0.374. The molecule has 1 aromatic rings. The number of nitrogens with zero attached hydrogens (tertiary/aromatic N) is 1. The van der Waals surface area contributed by atoms with Gasteiger partial charge in [-0.15, -0.1) is 0 Å². The molecule has 2 N–H and O–H groups in total. The Bertz CT molecular complexity index is 419. The summed E-state index contributed by atoms with van der Waals surface area (Å²) in [5, 5.41) is 0. The summed E-state index contributed by atoms with van der Waals surface area (Å²) < 4.78 is 5.46. The van der Waals surface area contributed by atoms with E-state index in [0.717, 1.165) is 32.6 Å². The highest BCUT2D eigenvalue weighted by atomic mass is 16.5. The van der Waals surface area contributed by atoms with Crippen LogP contribution in [0, 0.1) is 0 Å². The van der Waals surface area contributed by atoms with Gasteiger partial charge in [-0.25, -0.2) is 0 Å². The highest BCUT2D eigenvalue weighted by Gasteiger charge is 2.24. The molecule has 3 heteroatoms. The van der Waals surface area contributed by atoms with Gasteiger partial charge in [0.05, 0.1) is 13.2 Å². The summed E-state index contributed by atoms with van der Waals surface area (Å²) in [6.07, 6.45) is 2.19. The molecule has 0 bridgehead atoms. The van der Waals surface area contributed by atoms with Crippen LogP contribution in [0.2, 0.25) is 0 Å². The van der Waals surface area contributed by atoms with E-state index in [1.807, 2.05) is 0 Å². The van der Waals surface area contributed by atoms with Crippen LogP contribution in [0.5, 0.6) is 0 Å². The topological polar surface area (TPSA) is 38.5 Å². The molecule has 2 atom stereocenters. The fraction of sp³-hybridized carbons (Fsp3) is 0.571. The maximum atomic E-state index is 6.01. The Labute approximate surface area is 103 Å². The molecule has 0 spiro atoms. The van der Waals surface area contributed by atoms with E-state index >= 15 is 0 Å². The largest absolute Gasteiger partial charge is 0.372 e. The number of piperidine rings is 1. The van der Waals surface area contributed by atoms with Gasteiger partial charge in [-0.2, -0.15) is 0 Å². The second kappa shape index (κ2) is 4.31. The number of nitrogens with two attached hydrogens (primary N) is 1. The lowest BCUT2D eigenvalue weighted by Crippen LogP contribution is -2.45. The van der Waals surface area contributed by atoms with Crippen molar-refractivity contribution in [1.82, 2.24) is 0 Å². The molecule has 2 aliphatic heterocycles. The first-order chi connectivity index (χ1) is 8.24. The van der Waals surface area contributed by atoms with Crippen molar-refractivity contribution in [3.8, 4) is 0 Å². The molecule has 0 saturated carbocycles. The fourth-order valence-electron chi connectivity index (χ4n) is 2.93. The summed E-state index contributed by atoms with van der Waals surface area (Å²) in [5.74, 6) is 0. The molecule has 0 aromatic heterocycles. The summed E-state index contributed by atoms with van der Waals surface area (Å²) in [5.41, 5.74) is 10.0. The summed E-state index contributed by atoms with van der Waals surface area (Å²) >= 11 is 0. The van der Waals surface area contributed by atoms with E-state index in [1.54, 1.807) is 0 Å². The minimum absolute atomic E-state index is 0.374. The van der Waals surface area contributed by atoms with E-state index in [4.69, 9.17) is 10.5 Å². The smallest absolute Gasteiger partial charge is 0.0725 e. The number of hydrogen-bond donors (Lipinski definition) is 1. The van der Waals surface area contributed by atoms with Crippen LogP contribution in [0.4, 0.5) is 5.69 Å². The molecule has 2 aliphatic rings. The van der Waals surface area contributed by atoms with E-state index in [1.165, 1.54) is 16.8 Å². The molecule has 1 fully saturated rings. The Kier molecular flexibility index (Phi) is 2.81. The summed E-state index contributed by atoms with van der Waals surface area (Å²) in [6.45, 7) is 4.88.